The fraction of sp³-hybridized carbons (Fsp3) is 0.143. The number of methoxy groups -OCH3 is 3. The molecule has 0 atom stereocenters. The van der Waals surface area contributed by atoms with Crippen LogP contribution in [0.15, 0.2) is 53.2 Å². The monoisotopic (exact) mass is 377 g/mol. The number of hydrogen-bond acceptors (Lipinski definition) is 7. The quantitative estimate of drug-likeness (QED) is 0.558. The number of nitrogens with zero attached hydrogens (tertiary/aromatic N) is 2. The highest BCUT2D eigenvalue weighted by Gasteiger charge is 2.22. The Hall–Kier alpha value is -3.74. The maximum atomic E-state index is 6.17. The van der Waals surface area contributed by atoms with Crippen molar-refractivity contribution in [1.29, 1.82) is 0 Å². The van der Waals surface area contributed by atoms with Crippen LogP contribution in [0.2, 0.25) is 0 Å². The van der Waals surface area contributed by atoms with Gasteiger partial charge in [0.05, 0.1) is 26.7 Å². The molecule has 2 aromatic carbocycles. The van der Waals surface area contributed by atoms with E-state index in [4.69, 9.17) is 24.4 Å². The molecule has 2 aromatic heterocycles. The van der Waals surface area contributed by atoms with Crippen LogP contribution in [0.4, 0.5) is 5.82 Å². The number of benzene rings is 2. The number of nitrogen functional groups attached to an aromatic ring is 1. The van der Waals surface area contributed by atoms with Crippen LogP contribution >= 0.6 is 0 Å². The van der Waals surface area contributed by atoms with E-state index in [1.54, 1.807) is 21.3 Å². The van der Waals surface area contributed by atoms with Crippen molar-refractivity contribution in [1.82, 2.24) is 9.97 Å². The van der Waals surface area contributed by atoms with E-state index in [1.807, 2.05) is 42.5 Å². The largest absolute Gasteiger partial charge is 0.497 e. The number of anilines is 1. The van der Waals surface area contributed by atoms with Crippen LogP contribution in [0, 0.1) is 0 Å². The van der Waals surface area contributed by atoms with Crippen molar-refractivity contribution in [3.63, 3.8) is 0 Å². The van der Waals surface area contributed by atoms with Crippen molar-refractivity contribution >= 4 is 16.9 Å². The Morgan fingerprint density at radius 2 is 1.54 bits per heavy atom. The molecule has 7 nitrogen and oxygen atoms in total. The summed E-state index contributed by atoms with van der Waals surface area (Å²) in [6, 6.07) is 13.2. The lowest BCUT2D eigenvalue weighted by Crippen LogP contribution is -1.94. The Bertz CT molecular complexity index is 1140. The number of aromatic nitrogens is 2. The molecule has 2 N–H and O–H groups in total. The first-order valence-electron chi connectivity index (χ1n) is 8.56. The van der Waals surface area contributed by atoms with Crippen molar-refractivity contribution in [3.8, 4) is 39.7 Å². The Morgan fingerprint density at radius 1 is 0.821 bits per heavy atom. The number of ether oxygens (including phenoxy) is 3. The molecule has 2 heterocycles. The van der Waals surface area contributed by atoms with Gasteiger partial charge in [0.1, 0.15) is 23.7 Å². The zero-order valence-electron chi connectivity index (χ0n) is 15.7. The lowest BCUT2D eigenvalue weighted by atomic mass is 9.99. The van der Waals surface area contributed by atoms with Gasteiger partial charge in [-0.15, -0.1) is 0 Å². The molecule has 0 amide bonds. The van der Waals surface area contributed by atoms with Crippen LogP contribution in [0.3, 0.4) is 0 Å². The molecule has 0 saturated carbocycles. The summed E-state index contributed by atoms with van der Waals surface area (Å²) in [5, 5.41) is 0.653. The minimum atomic E-state index is 0.346. The summed E-state index contributed by atoms with van der Waals surface area (Å²) in [5.74, 6) is 2.97. The van der Waals surface area contributed by atoms with Gasteiger partial charge >= 0.3 is 0 Å². The second-order valence-electron chi connectivity index (χ2n) is 6.04. The van der Waals surface area contributed by atoms with Gasteiger partial charge in [0.15, 0.2) is 11.5 Å². The predicted octanol–water partition coefficient (Wildman–Crippen LogP) is 4.16. The summed E-state index contributed by atoms with van der Waals surface area (Å²) in [5.41, 5.74) is 9.10. The zero-order chi connectivity index (χ0) is 19.7. The molecule has 4 rings (SSSR count). The Labute approximate surface area is 161 Å². The highest BCUT2D eigenvalue weighted by atomic mass is 16.5. The van der Waals surface area contributed by atoms with Crippen molar-refractivity contribution in [2.24, 2.45) is 0 Å². The Kier molecular flexibility index (Phi) is 4.49. The summed E-state index contributed by atoms with van der Waals surface area (Å²) < 4.78 is 22.1. The highest BCUT2D eigenvalue weighted by molar-refractivity contribution is 6.05. The zero-order valence-corrected chi connectivity index (χ0v) is 15.7. The molecule has 7 heteroatoms. The van der Waals surface area contributed by atoms with Crippen molar-refractivity contribution < 1.29 is 18.6 Å². The van der Waals surface area contributed by atoms with E-state index in [1.165, 1.54) is 6.33 Å². The Balaban J connectivity index is 2.00. The van der Waals surface area contributed by atoms with Crippen LogP contribution < -0.4 is 19.9 Å². The number of furan rings is 1. The van der Waals surface area contributed by atoms with Crippen molar-refractivity contribution in [2.45, 2.75) is 0 Å². The van der Waals surface area contributed by atoms with Gasteiger partial charge in [-0.2, -0.15) is 0 Å². The van der Waals surface area contributed by atoms with Crippen LogP contribution in [-0.4, -0.2) is 31.3 Å². The third-order valence-corrected chi connectivity index (χ3v) is 4.54. The van der Waals surface area contributed by atoms with Crippen LogP contribution in [0.5, 0.6) is 17.2 Å². The fourth-order valence-electron chi connectivity index (χ4n) is 3.17. The van der Waals surface area contributed by atoms with Crippen LogP contribution in [0.25, 0.3) is 33.6 Å². The molecule has 0 aliphatic rings. The van der Waals surface area contributed by atoms with Gasteiger partial charge in [-0.3, -0.25) is 0 Å². The lowest BCUT2D eigenvalue weighted by Gasteiger charge is -2.10. The first-order valence-corrected chi connectivity index (χ1v) is 8.56. The van der Waals surface area contributed by atoms with E-state index >= 15 is 0 Å². The van der Waals surface area contributed by atoms with Gasteiger partial charge in [-0.05, 0) is 42.0 Å². The van der Waals surface area contributed by atoms with E-state index < -0.39 is 0 Å². The summed E-state index contributed by atoms with van der Waals surface area (Å²) >= 11 is 0. The molecule has 142 valence electrons. The average Bonchev–Trinajstić information content (AvgIpc) is 3.14. The SMILES string of the molecule is COc1ccc(-c2oc3ncnc(N)c3c2-c2ccc(OC)c(OC)c2)cc1. The number of hydrogen-bond donors (Lipinski definition) is 1. The van der Waals surface area contributed by atoms with E-state index in [-0.39, 0.29) is 0 Å². The smallest absolute Gasteiger partial charge is 0.232 e. The van der Waals surface area contributed by atoms with E-state index in [0.717, 1.165) is 22.4 Å². The minimum Gasteiger partial charge on any atom is -0.497 e. The normalized spacial score (nSPS) is 10.8. The average molecular weight is 377 g/mol. The first-order chi connectivity index (χ1) is 13.7. The third kappa shape index (κ3) is 2.87. The maximum Gasteiger partial charge on any atom is 0.232 e. The van der Waals surface area contributed by atoms with Crippen molar-refractivity contribution in [2.75, 3.05) is 27.1 Å². The maximum absolute atomic E-state index is 6.17. The molecule has 0 unspecified atom stereocenters. The van der Waals surface area contributed by atoms with Crippen molar-refractivity contribution in [3.05, 3.63) is 48.8 Å². The molecular formula is C21H19N3O4. The van der Waals surface area contributed by atoms with Gasteiger partial charge in [0.2, 0.25) is 5.71 Å². The summed E-state index contributed by atoms with van der Waals surface area (Å²) in [6.45, 7) is 0. The van der Waals surface area contributed by atoms with Crippen LogP contribution in [0.1, 0.15) is 0 Å². The first kappa shape index (κ1) is 17.7. The standard InChI is InChI=1S/C21H19N3O4/c1-25-14-7-4-12(5-8-14)19-17(18-20(22)23-11-24-21(18)28-19)13-6-9-15(26-2)16(10-13)27-3/h4-11H,1-3H3,(H2,22,23,24). The van der Waals surface area contributed by atoms with E-state index in [0.29, 0.717) is 34.2 Å². The lowest BCUT2D eigenvalue weighted by molar-refractivity contribution is 0.355. The van der Waals surface area contributed by atoms with Crippen LogP contribution in [-0.2, 0) is 0 Å². The molecule has 4 aromatic rings. The van der Waals surface area contributed by atoms with Gasteiger partial charge in [0.25, 0.3) is 0 Å². The molecule has 0 saturated heterocycles. The summed E-state index contributed by atoms with van der Waals surface area (Å²) in [4.78, 5) is 8.38. The van der Waals surface area contributed by atoms with Gasteiger partial charge in [0, 0.05) is 11.1 Å². The molecule has 0 fully saturated rings. The number of nitrogens with two attached hydrogens (primary N) is 1. The van der Waals surface area contributed by atoms with Gasteiger partial charge in [-0.1, -0.05) is 6.07 Å². The minimum absolute atomic E-state index is 0.346. The molecule has 0 bridgehead atoms. The van der Waals surface area contributed by atoms with E-state index in [2.05, 4.69) is 9.97 Å². The molecule has 0 aliphatic heterocycles. The summed E-state index contributed by atoms with van der Waals surface area (Å²) in [7, 11) is 4.82. The molecule has 28 heavy (non-hydrogen) atoms. The predicted molar refractivity (Wildman–Crippen MR) is 107 cm³/mol. The second kappa shape index (κ2) is 7.11. The molecule has 0 aliphatic carbocycles. The van der Waals surface area contributed by atoms with Gasteiger partial charge in [-0.25, -0.2) is 9.97 Å². The molecule has 0 spiro atoms. The van der Waals surface area contributed by atoms with Gasteiger partial charge < -0.3 is 24.4 Å². The topological polar surface area (TPSA) is 92.6 Å². The number of fused-ring (bicyclic) bond motifs is 1. The molecule has 0 radical (unpaired) electrons. The second-order valence-corrected chi connectivity index (χ2v) is 6.04. The number of rotatable bonds is 5. The van der Waals surface area contributed by atoms with E-state index in [9.17, 15) is 0 Å². The highest BCUT2D eigenvalue weighted by Crippen LogP contribution is 2.44. The fourth-order valence-corrected chi connectivity index (χ4v) is 3.17. The molecular weight excluding hydrogens is 358 g/mol. The third-order valence-electron chi connectivity index (χ3n) is 4.54. The summed E-state index contributed by atoms with van der Waals surface area (Å²) in [6.07, 6.45) is 1.39. The Morgan fingerprint density at radius 3 is 2.21 bits per heavy atom.